The summed E-state index contributed by atoms with van der Waals surface area (Å²) in [7, 11) is 0. The van der Waals surface area contributed by atoms with Crippen molar-refractivity contribution in [3.05, 3.63) is 52.2 Å². The number of hydrogen-bond donors (Lipinski definition) is 1. The standard InChI is InChI=1S/C15H12Cl2N2O3/c16-10-5-9-6-12(22-14(9)11(17)7-10)15(20-3-4-21-15)8-13-18-1-2-19-13/h1-2,5-7H,3-4,8H2,(H,18,19). The lowest BCUT2D eigenvalue weighted by molar-refractivity contribution is -0.177. The average Bonchev–Trinajstić information content (AvgIpc) is 3.18. The largest absolute Gasteiger partial charge is 0.454 e. The van der Waals surface area contributed by atoms with Gasteiger partial charge in [-0.2, -0.15) is 0 Å². The van der Waals surface area contributed by atoms with Crippen molar-refractivity contribution in [3.63, 3.8) is 0 Å². The van der Waals surface area contributed by atoms with Crippen LogP contribution >= 0.6 is 23.2 Å². The molecular formula is C15H12Cl2N2O3. The zero-order chi connectivity index (χ0) is 15.2. The molecule has 1 aromatic carbocycles. The number of nitrogens with zero attached hydrogens (tertiary/aromatic N) is 1. The number of aromatic amines is 1. The molecule has 0 spiro atoms. The molecule has 1 N–H and O–H groups in total. The van der Waals surface area contributed by atoms with E-state index in [4.69, 9.17) is 37.1 Å². The summed E-state index contributed by atoms with van der Waals surface area (Å²) in [6, 6.07) is 5.29. The molecule has 0 aliphatic carbocycles. The smallest absolute Gasteiger partial charge is 0.235 e. The molecule has 4 rings (SSSR count). The van der Waals surface area contributed by atoms with Crippen LogP contribution in [0.15, 0.2) is 35.0 Å². The summed E-state index contributed by atoms with van der Waals surface area (Å²) in [6.45, 7) is 0.985. The third kappa shape index (κ3) is 2.30. The first-order chi connectivity index (χ1) is 10.7. The topological polar surface area (TPSA) is 60.3 Å². The van der Waals surface area contributed by atoms with Crippen molar-refractivity contribution in [3.8, 4) is 0 Å². The van der Waals surface area contributed by atoms with Crippen LogP contribution in [0.25, 0.3) is 11.0 Å². The number of nitrogens with one attached hydrogen (secondary N) is 1. The first-order valence-corrected chi connectivity index (χ1v) is 7.57. The van der Waals surface area contributed by atoms with Crippen molar-refractivity contribution in [2.24, 2.45) is 0 Å². The van der Waals surface area contributed by atoms with E-state index in [0.29, 0.717) is 41.0 Å². The molecule has 0 saturated carbocycles. The third-order valence-corrected chi connectivity index (χ3v) is 4.12. The number of imidazole rings is 1. The molecule has 1 saturated heterocycles. The van der Waals surface area contributed by atoms with E-state index in [9.17, 15) is 0 Å². The second-order valence-corrected chi connectivity index (χ2v) is 5.92. The monoisotopic (exact) mass is 338 g/mol. The SMILES string of the molecule is Clc1cc(Cl)c2oc(C3(Cc4ncc[nH]4)OCCO3)cc2c1. The molecule has 114 valence electrons. The van der Waals surface area contributed by atoms with Gasteiger partial charge in [0.15, 0.2) is 11.3 Å². The summed E-state index contributed by atoms with van der Waals surface area (Å²) in [4.78, 5) is 7.28. The Morgan fingerprint density at radius 2 is 2.00 bits per heavy atom. The number of H-pyrrole nitrogens is 1. The predicted molar refractivity (Wildman–Crippen MR) is 82.1 cm³/mol. The predicted octanol–water partition coefficient (Wildman–Crippen LogP) is 3.91. The molecule has 3 heterocycles. The van der Waals surface area contributed by atoms with Gasteiger partial charge >= 0.3 is 0 Å². The molecule has 0 unspecified atom stereocenters. The van der Waals surface area contributed by atoms with E-state index >= 15 is 0 Å². The maximum Gasteiger partial charge on any atom is 0.235 e. The van der Waals surface area contributed by atoms with Crippen molar-refractivity contribution in [1.82, 2.24) is 9.97 Å². The van der Waals surface area contributed by atoms with Crippen molar-refractivity contribution in [2.45, 2.75) is 12.2 Å². The number of halogens is 2. The Hall–Kier alpha value is -1.53. The summed E-state index contributed by atoms with van der Waals surface area (Å²) < 4.78 is 17.6. The fourth-order valence-electron chi connectivity index (χ4n) is 2.66. The van der Waals surface area contributed by atoms with Crippen LogP contribution in [0.4, 0.5) is 0 Å². The van der Waals surface area contributed by atoms with E-state index in [0.717, 1.165) is 11.2 Å². The van der Waals surface area contributed by atoms with E-state index in [1.165, 1.54) is 0 Å². The Labute approximate surface area is 136 Å². The molecule has 1 aliphatic rings. The van der Waals surface area contributed by atoms with Crippen molar-refractivity contribution >= 4 is 34.2 Å². The highest BCUT2D eigenvalue weighted by Crippen LogP contribution is 2.39. The fraction of sp³-hybridized carbons (Fsp3) is 0.267. The fourth-order valence-corrected chi connectivity index (χ4v) is 3.21. The highest BCUT2D eigenvalue weighted by atomic mass is 35.5. The Balaban J connectivity index is 1.81. The van der Waals surface area contributed by atoms with Crippen LogP contribution < -0.4 is 0 Å². The Kier molecular flexibility index (Phi) is 3.38. The van der Waals surface area contributed by atoms with Crippen LogP contribution in [0.5, 0.6) is 0 Å². The minimum atomic E-state index is -0.993. The van der Waals surface area contributed by atoms with Gasteiger partial charge in [-0.3, -0.25) is 0 Å². The molecule has 1 fully saturated rings. The summed E-state index contributed by atoms with van der Waals surface area (Å²) >= 11 is 12.2. The lowest BCUT2D eigenvalue weighted by Gasteiger charge is -2.23. The molecule has 0 radical (unpaired) electrons. The van der Waals surface area contributed by atoms with Gasteiger partial charge in [-0.15, -0.1) is 0 Å². The molecule has 0 atom stereocenters. The van der Waals surface area contributed by atoms with Crippen LogP contribution in [0.2, 0.25) is 10.0 Å². The molecule has 3 aromatic rings. The minimum Gasteiger partial charge on any atom is -0.454 e. The summed E-state index contributed by atoms with van der Waals surface area (Å²) in [5.41, 5.74) is 0.569. The zero-order valence-corrected chi connectivity index (χ0v) is 12.9. The molecule has 5 nitrogen and oxygen atoms in total. The van der Waals surface area contributed by atoms with Crippen molar-refractivity contribution in [1.29, 1.82) is 0 Å². The molecule has 7 heteroatoms. The molecule has 22 heavy (non-hydrogen) atoms. The maximum absolute atomic E-state index is 6.19. The van der Waals surface area contributed by atoms with E-state index < -0.39 is 5.79 Å². The van der Waals surface area contributed by atoms with Crippen LogP contribution in [-0.2, 0) is 21.7 Å². The number of aromatic nitrogens is 2. The third-order valence-electron chi connectivity index (χ3n) is 3.62. The van der Waals surface area contributed by atoms with E-state index in [1.807, 2.05) is 6.07 Å². The molecule has 0 bridgehead atoms. The van der Waals surface area contributed by atoms with Crippen molar-refractivity contribution in [2.75, 3.05) is 13.2 Å². The number of ether oxygens (including phenoxy) is 2. The van der Waals surface area contributed by atoms with Gasteiger partial charge in [-0.1, -0.05) is 23.2 Å². The van der Waals surface area contributed by atoms with Crippen LogP contribution in [-0.4, -0.2) is 23.2 Å². The number of fused-ring (bicyclic) bond motifs is 1. The number of furan rings is 1. The van der Waals surface area contributed by atoms with Gasteiger partial charge in [0.1, 0.15) is 5.82 Å². The van der Waals surface area contributed by atoms with Gasteiger partial charge in [0.05, 0.1) is 24.7 Å². The lowest BCUT2D eigenvalue weighted by atomic mass is 10.1. The van der Waals surface area contributed by atoms with Gasteiger partial charge in [-0.25, -0.2) is 4.98 Å². The Bertz CT molecular complexity index is 808. The van der Waals surface area contributed by atoms with Crippen LogP contribution in [0.3, 0.4) is 0 Å². The van der Waals surface area contributed by atoms with E-state index in [2.05, 4.69) is 9.97 Å². The molecular weight excluding hydrogens is 327 g/mol. The Morgan fingerprint density at radius 1 is 1.18 bits per heavy atom. The first kappa shape index (κ1) is 14.1. The molecule has 2 aromatic heterocycles. The minimum absolute atomic E-state index is 0.422. The number of hydrogen-bond acceptors (Lipinski definition) is 4. The quantitative estimate of drug-likeness (QED) is 0.786. The number of rotatable bonds is 3. The second kappa shape index (κ2) is 5.28. The van der Waals surface area contributed by atoms with Crippen LogP contribution in [0.1, 0.15) is 11.6 Å². The van der Waals surface area contributed by atoms with E-state index in [1.54, 1.807) is 24.5 Å². The van der Waals surface area contributed by atoms with Crippen molar-refractivity contribution < 1.29 is 13.9 Å². The van der Waals surface area contributed by atoms with Gasteiger partial charge in [-0.05, 0) is 18.2 Å². The average molecular weight is 339 g/mol. The van der Waals surface area contributed by atoms with Gasteiger partial charge in [0, 0.05) is 22.8 Å². The van der Waals surface area contributed by atoms with Gasteiger partial charge in [0.2, 0.25) is 5.79 Å². The maximum atomic E-state index is 6.19. The Morgan fingerprint density at radius 3 is 2.73 bits per heavy atom. The normalized spacial score (nSPS) is 17.4. The molecule has 0 amide bonds. The molecule has 1 aliphatic heterocycles. The highest BCUT2D eigenvalue weighted by Gasteiger charge is 2.43. The zero-order valence-electron chi connectivity index (χ0n) is 11.4. The summed E-state index contributed by atoms with van der Waals surface area (Å²) in [5, 5.41) is 1.82. The van der Waals surface area contributed by atoms with E-state index in [-0.39, 0.29) is 0 Å². The second-order valence-electron chi connectivity index (χ2n) is 5.08. The van der Waals surface area contributed by atoms with Crippen LogP contribution in [0, 0.1) is 0 Å². The number of benzene rings is 1. The van der Waals surface area contributed by atoms with Gasteiger partial charge in [0.25, 0.3) is 0 Å². The lowest BCUT2D eigenvalue weighted by Crippen LogP contribution is -2.30. The summed E-state index contributed by atoms with van der Waals surface area (Å²) in [5.74, 6) is 0.319. The highest BCUT2D eigenvalue weighted by molar-refractivity contribution is 6.38. The van der Waals surface area contributed by atoms with Gasteiger partial charge < -0.3 is 18.9 Å². The summed E-state index contributed by atoms with van der Waals surface area (Å²) in [6.07, 6.45) is 3.87. The first-order valence-electron chi connectivity index (χ1n) is 6.81.